The van der Waals surface area contributed by atoms with Crippen LogP contribution in [0.25, 0.3) is 0 Å². The van der Waals surface area contributed by atoms with E-state index in [0.717, 1.165) is 17.7 Å². The van der Waals surface area contributed by atoms with Crippen molar-refractivity contribution in [2.75, 3.05) is 33.4 Å². The van der Waals surface area contributed by atoms with Gasteiger partial charge in [0.1, 0.15) is 0 Å². The van der Waals surface area contributed by atoms with E-state index in [0.29, 0.717) is 17.7 Å². The number of nitrogens with one attached hydrogen (secondary N) is 1. The van der Waals surface area contributed by atoms with Gasteiger partial charge in [0.2, 0.25) is 5.91 Å². The summed E-state index contributed by atoms with van der Waals surface area (Å²) in [5, 5.41) is 2.75. The fourth-order valence-corrected chi connectivity index (χ4v) is 3.80. The molecule has 2 unspecified atom stereocenters. The predicted molar refractivity (Wildman–Crippen MR) is 110 cm³/mol. The Hall–Kier alpha value is -2.87. The topological polar surface area (TPSA) is 58.6 Å². The number of halogens is 3. The predicted octanol–water partition coefficient (Wildman–Crippen LogP) is 3.63. The van der Waals surface area contributed by atoms with Gasteiger partial charge in [-0.1, -0.05) is 35.9 Å². The standard InChI is InChI=1S/C23H25F3N2O3/c1-15-6-8-16(9-7-15)22(30)28-13-19(20(14-28)21(29)27-10-11-31-2)17-4-3-5-18(12-17)23(24,25)26/h3-9,12,19-20H,10-11,13-14H2,1-2H3,(H,27,29). The number of hydrogen-bond donors (Lipinski definition) is 1. The van der Waals surface area contributed by atoms with Crippen LogP contribution in [0.3, 0.4) is 0 Å². The number of alkyl halides is 3. The molecule has 2 amide bonds. The Morgan fingerprint density at radius 2 is 1.84 bits per heavy atom. The summed E-state index contributed by atoms with van der Waals surface area (Å²) in [6.07, 6.45) is -4.48. The molecule has 0 saturated carbocycles. The first-order chi connectivity index (χ1) is 14.7. The van der Waals surface area contributed by atoms with Crippen LogP contribution >= 0.6 is 0 Å². The third kappa shape index (κ3) is 5.44. The molecule has 2 aromatic rings. The second-order valence-electron chi connectivity index (χ2n) is 7.70. The Morgan fingerprint density at radius 3 is 2.48 bits per heavy atom. The quantitative estimate of drug-likeness (QED) is 0.707. The summed E-state index contributed by atoms with van der Waals surface area (Å²) in [7, 11) is 1.51. The van der Waals surface area contributed by atoms with E-state index in [1.807, 2.05) is 19.1 Å². The second kappa shape index (κ2) is 9.51. The Morgan fingerprint density at radius 1 is 1.13 bits per heavy atom. The Labute approximate surface area is 179 Å². The molecule has 1 aliphatic rings. The van der Waals surface area contributed by atoms with E-state index in [9.17, 15) is 22.8 Å². The summed E-state index contributed by atoms with van der Waals surface area (Å²) in [6, 6.07) is 12.1. The lowest BCUT2D eigenvalue weighted by Crippen LogP contribution is -2.37. The van der Waals surface area contributed by atoms with Crippen molar-refractivity contribution in [2.45, 2.75) is 19.0 Å². The molecule has 5 nitrogen and oxygen atoms in total. The fraction of sp³-hybridized carbons (Fsp3) is 0.391. The van der Waals surface area contributed by atoms with Gasteiger partial charge in [0.05, 0.1) is 18.1 Å². The van der Waals surface area contributed by atoms with Gasteiger partial charge in [-0.3, -0.25) is 9.59 Å². The lowest BCUT2D eigenvalue weighted by molar-refractivity contribution is -0.137. The minimum atomic E-state index is -4.48. The minimum absolute atomic E-state index is 0.131. The number of likely N-dealkylation sites (tertiary alicyclic amines) is 1. The van der Waals surface area contributed by atoms with Crippen molar-refractivity contribution < 1.29 is 27.5 Å². The molecule has 0 radical (unpaired) electrons. The van der Waals surface area contributed by atoms with Crippen molar-refractivity contribution in [3.63, 3.8) is 0 Å². The number of aryl methyl sites for hydroxylation is 1. The Kier molecular flexibility index (Phi) is 7.00. The average Bonchev–Trinajstić information content (AvgIpc) is 3.19. The van der Waals surface area contributed by atoms with Crippen molar-refractivity contribution >= 4 is 11.8 Å². The van der Waals surface area contributed by atoms with E-state index in [1.54, 1.807) is 18.2 Å². The zero-order valence-electron chi connectivity index (χ0n) is 17.4. The number of amides is 2. The molecular weight excluding hydrogens is 409 g/mol. The third-order valence-corrected chi connectivity index (χ3v) is 5.49. The van der Waals surface area contributed by atoms with Crippen molar-refractivity contribution in [3.05, 3.63) is 70.8 Å². The largest absolute Gasteiger partial charge is 0.416 e. The van der Waals surface area contributed by atoms with Crippen LogP contribution in [-0.4, -0.2) is 50.1 Å². The average molecular weight is 434 g/mol. The minimum Gasteiger partial charge on any atom is -0.383 e. The lowest BCUT2D eigenvalue weighted by atomic mass is 9.87. The van der Waals surface area contributed by atoms with Gasteiger partial charge >= 0.3 is 6.18 Å². The van der Waals surface area contributed by atoms with Crippen molar-refractivity contribution in [2.24, 2.45) is 5.92 Å². The van der Waals surface area contributed by atoms with E-state index >= 15 is 0 Å². The van der Waals surface area contributed by atoms with Gasteiger partial charge in [-0.05, 0) is 30.7 Å². The molecule has 2 aromatic carbocycles. The second-order valence-corrected chi connectivity index (χ2v) is 7.70. The summed E-state index contributed by atoms with van der Waals surface area (Å²) in [6.45, 7) is 2.81. The van der Waals surface area contributed by atoms with E-state index in [2.05, 4.69) is 5.32 Å². The van der Waals surface area contributed by atoms with Gasteiger partial charge in [0.15, 0.2) is 0 Å². The highest BCUT2D eigenvalue weighted by atomic mass is 19.4. The van der Waals surface area contributed by atoms with E-state index in [4.69, 9.17) is 4.74 Å². The highest BCUT2D eigenvalue weighted by molar-refractivity contribution is 5.95. The molecule has 8 heteroatoms. The molecule has 31 heavy (non-hydrogen) atoms. The van der Waals surface area contributed by atoms with Crippen LogP contribution in [0.4, 0.5) is 13.2 Å². The molecule has 166 valence electrons. The normalized spacial score (nSPS) is 18.8. The summed E-state index contributed by atoms with van der Waals surface area (Å²) in [5.74, 6) is -1.75. The summed E-state index contributed by atoms with van der Waals surface area (Å²) in [4.78, 5) is 27.3. The van der Waals surface area contributed by atoms with Crippen LogP contribution in [0.5, 0.6) is 0 Å². The molecule has 2 atom stereocenters. The summed E-state index contributed by atoms with van der Waals surface area (Å²) >= 11 is 0. The molecule has 3 rings (SSSR count). The molecule has 0 bridgehead atoms. The number of benzene rings is 2. The number of hydrogen-bond acceptors (Lipinski definition) is 3. The van der Waals surface area contributed by atoms with Crippen LogP contribution in [-0.2, 0) is 15.7 Å². The SMILES string of the molecule is COCCNC(=O)C1CN(C(=O)c2ccc(C)cc2)CC1c1cccc(C(F)(F)F)c1. The molecule has 1 saturated heterocycles. The Bertz CT molecular complexity index is 928. The van der Waals surface area contributed by atoms with E-state index in [1.165, 1.54) is 18.1 Å². The van der Waals surface area contributed by atoms with Crippen molar-refractivity contribution in [1.82, 2.24) is 10.2 Å². The first kappa shape index (κ1) is 22.8. The van der Waals surface area contributed by atoms with Crippen LogP contribution in [0.1, 0.15) is 33.0 Å². The first-order valence-electron chi connectivity index (χ1n) is 10.0. The zero-order valence-corrected chi connectivity index (χ0v) is 17.4. The van der Waals surface area contributed by atoms with E-state index in [-0.39, 0.29) is 31.4 Å². The number of nitrogens with zero attached hydrogens (tertiary/aromatic N) is 1. The number of rotatable bonds is 6. The molecule has 1 fully saturated rings. The molecule has 1 heterocycles. The first-order valence-corrected chi connectivity index (χ1v) is 10.0. The maximum absolute atomic E-state index is 13.2. The number of ether oxygens (including phenoxy) is 1. The molecule has 0 aliphatic carbocycles. The van der Waals surface area contributed by atoms with Crippen molar-refractivity contribution in [3.8, 4) is 0 Å². The summed E-state index contributed by atoms with van der Waals surface area (Å²) < 4.78 is 44.6. The van der Waals surface area contributed by atoms with Crippen LogP contribution in [0.2, 0.25) is 0 Å². The van der Waals surface area contributed by atoms with Gasteiger partial charge in [0.25, 0.3) is 5.91 Å². The Balaban J connectivity index is 1.88. The molecular formula is C23H25F3N2O3. The third-order valence-electron chi connectivity index (χ3n) is 5.49. The van der Waals surface area contributed by atoms with Crippen LogP contribution in [0, 0.1) is 12.8 Å². The number of methoxy groups -OCH3 is 1. The van der Waals surface area contributed by atoms with Crippen LogP contribution in [0.15, 0.2) is 48.5 Å². The van der Waals surface area contributed by atoms with Crippen LogP contribution < -0.4 is 5.32 Å². The van der Waals surface area contributed by atoms with Gasteiger partial charge in [-0.15, -0.1) is 0 Å². The van der Waals surface area contributed by atoms with Gasteiger partial charge in [0, 0.05) is 38.2 Å². The number of carbonyl (C=O) groups is 2. The molecule has 1 aliphatic heterocycles. The summed E-state index contributed by atoms with van der Waals surface area (Å²) in [5.41, 5.74) is 1.11. The monoisotopic (exact) mass is 434 g/mol. The highest BCUT2D eigenvalue weighted by Crippen LogP contribution is 2.37. The molecule has 0 aromatic heterocycles. The highest BCUT2D eigenvalue weighted by Gasteiger charge is 2.41. The molecule has 1 N–H and O–H groups in total. The maximum Gasteiger partial charge on any atom is 0.416 e. The zero-order chi connectivity index (χ0) is 22.6. The van der Waals surface area contributed by atoms with E-state index < -0.39 is 23.6 Å². The maximum atomic E-state index is 13.2. The fourth-order valence-electron chi connectivity index (χ4n) is 3.80. The van der Waals surface area contributed by atoms with Gasteiger partial charge < -0.3 is 15.0 Å². The molecule has 0 spiro atoms. The van der Waals surface area contributed by atoms with Crippen molar-refractivity contribution in [1.29, 1.82) is 0 Å². The van der Waals surface area contributed by atoms with Gasteiger partial charge in [-0.2, -0.15) is 13.2 Å². The van der Waals surface area contributed by atoms with Gasteiger partial charge in [-0.25, -0.2) is 0 Å². The smallest absolute Gasteiger partial charge is 0.383 e. The lowest BCUT2D eigenvalue weighted by Gasteiger charge is -2.19. The number of carbonyl (C=O) groups excluding carboxylic acids is 2.